The van der Waals surface area contributed by atoms with Crippen LogP contribution >= 0.6 is 11.3 Å². The van der Waals surface area contributed by atoms with Gasteiger partial charge in [-0.05, 0) is 79.8 Å². The molecule has 0 aliphatic carbocycles. The predicted molar refractivity (Wildman–Crippen MR) is 241 cm³/mol. The minimum absolute atomic E-state index is 0.0415. The minimum atomic E-state index is -4.88. The summed E-state index contributed by atoms with van der Waals surface area (Å²) in [7, 11) is 0. The van der Waals surface area contributed by atoms with Crippen molar-refractivity contribution in [3.8, 4) is 22.3 Å². The molecule has 3 atom stereocenters. The van der Waals surface area contributed by atoms with E-state index in [1.807, 2.05) is 31.2 Å². The van der Waals surface area contributed by atoms with Crippen LogP contribution < -0.4 is 25.2 Å². The number of aryl methyl sites for hydroxylation is 1. The number of anilines is 2. The molecule has 0 spiro atoms. The molecule has 0 radical (unpaired) electrons. The lowest BCUT2D eigenvalue weighted by atomic mass is 9.85. The number of aromatic nitrogens is 1. The summed E-state index contributed by atoms with van der Waals surface area (Å²) in [6, 6.07) is 15.2. The largest absolute Gasteiger partial charge is 0.491 e. The Kier molecular flexibility index (Phi) is 15.4. The van der Waals surface area contributed by atoms with Gasteiger partial charge in [0.05, 0.1) is 64.9 Å². The molecule has 3 heterocycles. The molecule has 6 amide bonds. The fraction of sp³-hybridized carbons (Fsp3) is 0.426. The smallest absolute Gasteiger partial charge is 0.417 e. The third-order valence-corrected chi connectivity index (χ3v) is 12.2. The van der Waals surface area contributed by atoms with Gasteiger partial charge in [-0.3, -0.25) is 24.1 Å². The Morgan fingerprint density at radius 2 is 1.63 bits per heavy atom. The molecule has 1 aromatic heterocycles. The van der Waals surface area contributed by atoms with E-state index in [1.54, 1.807) is 49.8 Å². The second-order valence-corrected chi connectivity index (χ2v) is 18.5. The van der Waals surface area contributed by atoms with Crippen LogP contribution in [0.2, 0.25) is 0 Å². The second-order valence-electron chi connectivity index (χ2n) is 17.6. The van der Waals surface area contributed by atoms with Crippen LogP contribution in [-0.2, 0) is 41.4 Å². The number of imide groups is 1. The van der Waals surface area contributed by atoms with E-state index >= 15 is 0 Å². The number of aliphatic hydroxyl groups is 1. The predicted octanol–water partition coefficient (Wildman–Crippen LogP) is 5.98. The molecule has 0 saturated carbocycles. The SMILES string of the molecule is Cc1ncsc1-c1ccc(CNC(=O)[C@@H]2C[C@@H](O)CN2C(=O)C(NC(=O)COCCOCCOc2ccc(N3C(=O)N(c4ccc(C#N)c(C(F)(F)F)c4)C(=O)C3(C)C)cc2)C(C)(C)C)cc1. The first-order valence-electron chi connectivity index (χ1n) is 21.3. The number of aliphatic hydroxyl groups excluding tert-OH is 1. The Morgan fingerprint density at radius 3 is 2.25 bits per heavy atom. The number of nitriles is 1. The Morgan fingerprint density at radius 1 is 0.970 bits per heavy atom. The molecule has 6 rings (SSSR count). The number of hydrogen-bond acceptors (Lipinski definition) is 12. The van der Waals surface area contributed by atoms with Gasteiger partial charge in [-0.25, -0.2) is 14.7 Å². The molecule has 20 heteroatoms. The molecular weight excluding hydrogens is 896 g/mol. The Bertz CT molecular complexity index is 2500. The lowest BCUT2D eigenvalue weighted by Gasteiger charge is -2.35. The highest BCUT2D eigenvalue weighted by molar-refractivity contribution is 7.13. The maximum atomic E-state index is 13.9. The maximum Gasteiger partial charge on any atom is 0.417 e. The molecule has 3 aromatic carbocycles. The van der Waals surface area contributed by atoms with Gasteiger partial charge in [0.1, 0.15) is 36.6 Å². The maximum absolute atomic E-state index is 13.9. The summed E-state index contributed by atoms with van der Waals surface area (Å²) in [6.45, 7) is 10.4. The molecule has 67 heavy (non-hydrogen) atoms. The van der Waals surface area contributed by atoms with Crippen LogP contribution in [0.4, 0.5) is 29.3 Å². The highest BCUT2D eigenvalue weighted by atomic mass is 32.1. The van der Waals surface area contributed by atoms with E-state index in [2.05, 4.69) is 15.6 Å². The van der Waals surface area contributed by atoms with Crippen LogP contribution in [0.15, 0.2) is 72.2 Å². The van der Waals surface area contributed by atoms with E-state index in [-0.39, 0.29) is 63.9 Å². The van der Waals surface area contributed by atoms with Crippen molar-refractivity contribution in [2.45, 2.75) is 84.4 Å². The number of carbonyl (C=O) groups excluding carboxylic acids is 5. The summed E-state index contributed by atoms with van der Waals surface area (Å²) in [5, 5.41) is 25.3. The molecule has 0 bridgehead atoms. The van der Waals surface area contributed by atoms with Crippen LogP contribution in [0.25, 0.3) is 10.4 Å². The standard InChI is InChI=1S/C47H52F3N7O9S/c1-28-39(67-27-53-28)30-9-7-29(8-10-30)24-52-41(60)37-22-34(58)25-55(37)42(61)40(45(2,3)4)54-38(59)26-65-18-17-64-19-20-66-35-15-13-32(14-16-35)57-44(63)56(43(62)46(57,5)6)33-12-11-31(23-51)36(21-33)47(48,49)50/h7-16,21,27,34,37,40,58H,17-20,22,24-26H2,1-6H3,(H,52,60)(H,54,59)/t34-,37+,40?/m1/s1. The number of halogens is 3. The molecule has 16 nitrogen and oxygen atoms in total. The zero-order chi connectivity index (χ0) is 48.8. The number of hydrogen-bond donors (Lipinski definition) is 3. The van der Waals surface area contributed by atoms with Crippen molar-refractivity contribution in [1.29, 1.82) is 5.26 Å². The number of urea groups is 1. The van der Waals surface area contributed by atoms with Crippen molar-refractivity contribution in [2.24, 2.45) is 5.41 Å². The Hall–Kier alpha value is -6.40. The van der Waals surface area contributed by atoms with Gasteiger partial charge in [0.15, 0.2) is 0 Å². The molecule has 3 N–H and O–H groups in total. The number of alkyl halides is 3. The number of carbonyl (C=O) groups is 5. The summed E-state index contributed by atoms with van der Waals surface area (Å²) in [5.41, 5.74) is 0.458. The summed E-state index contributed by atoms with van der Waals surface area (Å²) in [5.74, 6) is -1.82. The average molecular weight is 948 g/mol. The number of rotatable bonds is 17. The summed E-state index contributed by atoms with van der Waals surface area (Å²) < 4.78 is 57.7. The monoisotopic (exact) mass is 947 g/mol. The highest BCUT2D eigenvalue weighted by Crippen LogP contribution is 2.40. The zero-order valence-electron chi connectivity index (χ0n) is 37.8. The van der Waals surface area contributed by atoms with Crippen molar-refractivity contribution in [1.82, 2.24) is 20.5 Å². The summed E-state index contributed by atoms with van der Waals surface area (Å²) in [6.07, 6.45) is -5.75. The highest BCUT2D eigenvalue weighted by Gasteiger charge is 2.53. The van der Waals surface area contributed by atoms with Crippen molar-refractivity contribution in [3.63, 3.8) is 0 Å². The van der Waals surface area contributed by atoms with Crippen molar-refractivity contribution in [2.75, 3.05) is 49.4 Å². The van der Waals surface area contributed by atoms with Crippen LogP contribution in [0, 0.1) is 23.7 Å². The Labute approximate surface area is 389 Å². The molecular formula is C47H52F3N7O9S. The van der Waals surface area contributed by atoms with E-state index in [0.717, 1.165) is 33.8 Å². The molecule has 1 unspecified atom stereocenters. The molecule has 2 aliphatic rings. The number of benzene rings is 3. The fourth-order valence-corrected chi connectivity index (χ4v) is 8.55. The number of nitrogens with one attached hydrogen (secondary N) is 2. The van der Waals surface area contributed by atoms with E-state index < -0.39 is 76.1 Å². The number of thiazole rings is 1. The van der Waals surface area contributed by atoms with Gasteiger partial charge in [-0.1, -0.05) is 45.0 Å². The fourth-order valence-electron chi connectivity index (χ4n) is 7.74. The number of amides is 6. The second kappa shape index (κ2) is 20.6. The topological polar surface area (TPSA) is 204 Å². The minimum Gasteiger partial charge on any atom is -0.491 e. The number of ether oxygens (including phenoxy) is 3. The summed E-state index contributed by atoms with van der Waals surface area (Å²) in [4.78, 5) is 75.8. The lowest BCUT2D eigenvalue weighted by molar-refractivity contribution is -0.144. The van der Waals surface area contributed by atoms with Crippen molar-refractivity contribution >= 4 is 52.4 Å². The van der Waals surface area contributed by atoms with E-state index in [9.17, 15) is 42.3 Å². The average Bonchev–Trinajstić information content (AvgIpc) is 3.94. The van der Waals surface area contributed by atoms with E-state index in [1.165, 1.54) is 41.8 Å². The van der Waals surface area contributed by atoms with Crippen LogP contribution in [0.5, 0.6) is 5.75 Å². The molecule has 2 aliphatic heterocycles. The van der Waals surface area contributed by atoms with Gasteiger partial charge in [0.2, 0.25) is 17.7 Å². The lowest BCUT2D eigenvalue weighted by Crippen LogP contribution is -2.58. The third-order valence-electron chi connectivity index (χ3n) is 11.3. The van der Waals surface area contributed by atoms with Crippen LogP contribution in [0.3, 0.4) is 0 Å². The number of β-amino-alcohol motifs (C(OH)–C–C–N with tert-alkyl or cyclic N) is 1. The summed E-state index contributed by atoms with van der Waals surface area (Å²) >= 11 is 1.55. The molecule has 2 fully saturated rings. The first kappa shape index (κ1) is 50.0. The third kappa shape index (κ3) is 11.6. The molecule has 2 saturated heterocycles. The van der Waals surface area contributed by atoms with E-state index in [0.29, 0.717) is 16.7 Å². The quantitative estimate of drug-likeness (QED) is 0.0830. The number of likely N-dealkylation sites (tertiary alicyclic amines) is 1. The van der Waals surface area contributed by atoms with Gasteiger partial charge in [0.25, 0.3) is 5.91 Å². The van der Waals surface area contributed by atoms with E-state index in [4.69, 9.17) is 19.5 Å². The first-order chi connectivity index (χ1) is 31.6. The van der Waals surface area contributed by atoms with Gasteiger partial charge < -0.3 is 34.9 Å². The van der Waals surface area contributed by atoms with Gasteiger partial charge in [-0.15, -0.1) is 11.3 Å². The van der Waals surface area contributed by atoms with Gasteiger partial charge in [-0.2, -0.15) is 18.4 Å². The Balaban J connectivity index is 0.921. The normalized spacial score (nSPS) is 17.7. The van der Waals surface area contributed by atoms with Crippen LogP contribution in [0.1, 0.15) is 63.4 Å². The first-order valence-corrected chi connectivity index (χ1v) is 22.2. The van der Waals surface area contributed by atoms with Crippen molar-refractivity contribution < 1.29 is 56.5 Å². The van der Waals surface area contributed by atoms with Crippen molar-refractivity contribution in [3.05, 3.63) is 94.6 Å². The zero-order valence-corrected chi connectivity index (χ0v) is 38.6. The molecule has 356 valence electrons. The molecule has 4 aromatic rings. The van der Waals surface area contributed by atoms with Gasteiger partial charge in [0, 0.05) is 25.2 Å². The van der Waals surface area contributed by atoms with Gasteiger partial charge >= 0.3 is 12.2 Å². The number of nitrogens with zero attached hydrogens (tertiary/aromatic N) is 5. The van der Waals surface area contributed by atoms with Crippen LogP contribution in [-0.4, -0.2) is 108 Å².